The number of carbonyl (C=O) groups is 1. The van der Waals surface area contributed by atoms with Crippen LogP contribution in [0.5, 0.6) is 0 Å². The van der Waals surface area contributed by atoms with Crippen molar-refractivity contribution in [3.63, 3.8) is 0 Å². The van der Waals surface area contributed by atoms with Crippen LogP contribution in [0.1, 0.15) is 13.8 Å². The Morgan fingerprint density at radius 1 is 0.857 bits per heavy atom. The van der Waals surface area contributed by atoms with Crippen molar-refractivity contribution in [1.29, 1.82) is 0 Å². The Bertz CT molecular complexity index is 753. The minimum Gasteiger partial charge on any atom is -0.491 e. The number of nitrogens with one attached hydrogen (secondary N) is 1. The standard InChI is InChI=1S/C20H33NO14/c1-6-11(25)14(28)16(30)19(32-6)35-18-15(29)12(26)10(4-23)33-20(18)34-17-8(21-7(2)24)5-31-9(3-22)13(17)27/h5-6,9-20,22-23,25-30H,3-4H2,1-2H3,(H,21,24). The van der Waals surface area contributed by atoms with Crippen molar-refractivity contribution < 1.29 is 69.3 Å². The van der Waals surface area contributed by atoms with Gasteiger partial charge in [-0.3, -0.25) is 4.79 Å². The van der Waals surface area contributed by atoms with E-state index in [1.165, 1.54) is 13.8 Å². The van der Waals surface area contributed by atoms with Gasteiger partial charge in [0.2, 0.25) is 5.91 Å². The van der Waals surface area contributed by atoms with Gasteiger partial charge in [0, 0.05) is 6.92 Å². The molecule has 3 rings (SSSR count). The van der Waals surface area contributed by atoms with Crippen LogP contribution in [-0.4, -0.2) is 140 Å². The van der Waals surface area contributed by atoms with Crippen LogP contribution < -0.4 is 5.32 Å². The van der Waals surface area contributed by atoms with Crippen LogP contribution in [0.3, 0.4) is 0 Å². The first-order valence-electron chi connectivity index (χ1n) is 11.0. The van der Waals surface area contributed by atoms with Crippen molar-refractivity contribution in [1.82, 2.24) is 5.32 Å². The molecule has 3 heterocycles. The molecule has 0 spiro atoms. The SMILES string of the molecule is CC(=O)NC1=COC(CO)C(O)C1OC1OC(CO)C(O)C(O)C1OC1OC(C)C(O)C(O)C1O. The van der Waals surface area contributed by atoms with Gasteiger partial charge in [-0.05, 0) is 6.92 Å². The van der Waals surface area contributed by atoms with Gasteiger partial charge in [0.15, 0.2) is 12.6 Å². The Hall–Kier alpha value is -1.47. The minimum absolute atomic E-state index is 0.0562. The van der Waals surface area contributed by atoms with Crippen LogP contribution in [-0.2, 0) is 28.5 Å². The van der Waals surface area contributed by atoms with Gasteiger partial charge >= 0.3 is 0 Å². The smallest absolute Gasteiger partial charge is 0.221 e. The van der Waals surface area contributed by atoms with Crippen molar-refractivity contribution >= 4 is 5.91 Å². The first-order valence-corrected chi connectivity index (χ1v) is 11.0. The third kappa shape index (κ3) is 5.93. The lowest BCUT2D eigenvalue weighted by Gasteiger charge is -2.47. The average molecular weight is 511 g/mol. The largest absolute Gasteiger partial charge is 0.491 e. The van der Waals surface area contributed by atoms with Crippen LogP contribution in [0.4, 0.5) is 0 Å². The van der Waals surface area contributed by atoms with Crippen molar-refractivity contribution in [3.8, 4) is 0 Å². The Morgan fingerprint density at radius 3 is 2.11 bits per heavy atom. The summed E-state index contributed by atoms with van der Waals surface area (Å²) in [5.41, 5.74) is -0.0562. The second kappa shape index (κ2) is 11.7. The molecule has 0 aromatic rings. The summed E-state index contributed by atoms with van der Waals surface area (Å²) in [6.45, 7) is 1.25. The quantitative estimate of drug-likeness (QED) is 0.155. The van der Waals surface area contributed by atoms with Gasteiger partial charge in [0.25, 0.3) is 0 Å². The highest BCUT2D eigenvalue weighted by atomic mass is 16.8. The molecule has 0 aromatic heterocycles. The van der Waals surface area contributed by atoms with Crippen LogP contribution in [0.25, 0.3) is 0 Å². The molecule has 13 atom stereocenters. The fourth-order valence-corrected chi connectivity index (χ4v) is 4.03. The Morgan fingerprint density at radius 2 is 1.51 bits per heavy atom. The fraction of sp³-hybridized carbons (Fsp3) is 0.850. The maximum Gasteiger partial charge on any atom is 0.221 e. The van der Waals surface area contributed by atoms with Gasteiger partial charge in [-0.15, -0.1) is 0 Å². The highest BCUT2D eigenvalue weighted by Crippen LogP contribution is 2.32. The third-order valence-electron chi connectivity index (χ3n) is 6.07. The van der Waals surface area contributed by atoms with Crippen molar-refractivity contribution in [3.05, 3.63) is 12.0 Å². The predicted octanol–water partition coefficient (Wildman–Crippen LogP) is -5.25. The van der Waals surface area contributed by atoms with E-state index in [0.717, 1.165) is 6.26 Å². The normalized spacial score (nSPS) is 46.5. The minimum atomic E-state index is -1.78. The summed E-state index contributed by atoms with van der Waals surface area (Å²) < 4.78 is 27.5. The van der Waals surface area contributed by atoms with E-state index in [-0.39, 0.29) is 5.70 Å². The Labute approximate surface area is 200 Å². The Kier molecular flexibility index (Phi) is 9.41. The summed E-state index contributed by atoms with van der Waals surface area (Å²) >= 11 is 0. The Balaban J connectivity index is 1.87. The topological polar surface area (TPSA) is 237 Å². The van der Waals surface area contributed by atoms with E-state index in [4.69, 9.17) is 23.7 Å². The molecule has 2 saturated heterocycles. The van der Waals surface area contributed by atoms with Crippen LogP contribution in [0.15, 0.2) is 12.0 Å². The number of aliphatic hydroxyl groups is 8. The predicted molar refractivity (Wildman–Crippen MR) is 110 cm³/mol. The summed E-state index contributed by atoms with van der Waals surface area (Å²) in [4.78, 5) is 11.6. The van der Waals surface area contributed by atoms with E-state index >= 15 is 0 Å². The highest BCUT2D eigenvalue weighted by molar-refractivity contribution is 5.75. The molecule has 1 amide bonds. The monoisotopic (exact) mass is 511 g/mol. The number of hydrogen-bond donors (Lipinski definition) is 9. The molecular formula is C20H33NO14. The number of carbonyl (C=O) groups excluding carboxylic acids is 1. The summed E-state index contributed by atoms with van der Waals surface area (Å²) in [6.07, 6.45) is -18.5. The molecule has 13 unspecified atom stereocenters. The summed E-state index contributed by atoms with van der Waals surface area (Å²) in [7, 11) is 0. The lowest BCUT2D eigenvalue weighted by Crippen LogP contribution is -2.65. The number of aliphatic hydroxyl groups excluding tert-OH is 8. The van der Waals surface area contributed by atoms with Crippen LogP contribution in [0, 0.1) is 0 Å². The van der Waals surface area contributed by atoms with Crippen molar-refractivity contribution in [2.24, 2.45) is 0 Å². The molecule has 9 N–H and O–H groups in total. The number of rotatable bonds is 7. The van der Waals surface area contributed by atoms with Gasteiger partial charge in [-0.1, -0.05) is 0 Å². The average Bonchev–Trinajstić information content (AvgIpc) is 2.82. The van der Waals surface area contributed by atoms with Gasteiger partial charge < -0.3 is 69.9 Å². The van der Waals surface area contributed by atoms with E-state index in [1.807, 2.05) is 0 Å². The van der Waals surface area contributed by atoms with Gasteiger partial charge in [0.1, 0.15) is 67.3 Å². The van der Waals surface area contributed by atoms with Gasteiger partial charge in [-0.2, -0.15) is 0 Å². The molecule has 0 saturated carbocycles. The van der Waals surface area contributed by atoms with E-state index in [2.05, 4.69) is 5.32 Å². The molecule has 2 fully saturated rings. The number of amides is 1. The molecule has 0 radical (unpaired) electrons. The van der Waals surface area contributed by atoms with Gasteiger partial charge in [0.05, 0.1) is 25.0 Å². The molecule has 0 aliphatic carbocycles. The van der Waals surface area contributed by atoms with E-state index in [9.17, 15) is 45.6 Å². The van der Waals surface area contributed by atoms with Gasteiger partial charge in [-0.25, -0.2) is 0 Å². The molecule has 202 valence electrons. The highest BCUT2D eigenvalue weighted by Gasteiger charge is 2.52. The molecular weight excluding hydrogens is 478 g/mol. The summed E-state index contributed by atoms with van der Waals surface area (Å²) in [6, 6.07) is 0. The van der Waals surface area contributed by atoms with Crippen molar-refractivity contribution in [2.45, 2.75) is 93.6 Å². The summed E-state index contributed by atoms with van der Waals surface area (Å²) in [5, 5.41) is 83.4. The lowest BCUT2D eigenvalue weighted by molar-refractivity contribution is -0.371. The van der Waals surface area contributed by atoms with Crippen molar-refractivity contribution in [2.75, 3.05) is 13.2 Å². The maximum absolute atomic E-state index is 11.6. The molecule has 3 aliphatic heterocycles. The fourth-order valence-electron chi connectivity index (χ4n) is 4.03. The molecule has 15 nitrogen and oxygen atoms in total. The van der Waals surface area contributed by atoms with Crippen LogP contribution in [0.2, 0.25) is 0 Å². The van der Waals surface area contributed by atoms with E-state index < -0.39 is 98.8 Å². The number of hydrogen-bond acceptors (Lipinski definition) is 14. The molecule has 0 bridgehead atoms. The van der Waals surface area contributed by atoms with E-state index in [1.54, 1.807) is 0 Å². The second-order valence-electron chi connectivity index (χ2n) is 8.65. The first-order chi connectivity index (χ1) is 16.5. The molecule has 35 heavy (non-hydrogen) atoms. The zero-order valence-electron chi connectivity index (χ0n) is 19.0. The lowest BCUT2D eigenvalue weighted by atomic mass is 9.97. The van der Waals surface area contributed by atoms with Crippen LogP contribution >= 0.6 is 0 Å². The number of ether oxygens (including phenoxy) is 5. The molecule has 15 heteroatoms. The summed E-state index contributed by atoms with van der Waals surface area (Å²) in [5.74, 6) is -0.538. The van der Waals surface area contributed by atoms with E-state index in [0.29, 0.717) is 0 Å². The maximum atomic E-state index is 11.6. The zero-order valence-corrected chi connectivity index (χ0v) is 19.0. The first kappa shape index (κ1) is 28.1. The molecule has 3 aliphatic rings. The second-order valence-corrected chi connectivity index (χ2v) is 8.65. The third-order valence-corrected chi connectivity index (χ3v) is 6.07. The zero-order chi connectivity index (χ0) is 26.0. The molecule has 0 aromatic carbocycles.